The Bertz CT molecular complexity index is 151. The first kappa shape index (κ1) is 10.2. The Labute approximate surface area is 66.4 Å². The molecule has 0 spiro atoms. The fraction of sp³-hybridized carbons (Fsp3) is 0.625. The van der Waals surface area contributed by atoms with Gasteiger partial charge < -0.3 is 10.2 Å². The van der Waals surface area contributed by atoms with E-state index in [0.717, 1.165) is 0 Å². The van der Waals surface area contributed by atoms with E-state index in [0.29, 0.717) is 19.3 Å². The highest BCUT2D eigenvalue weighted by atomic mass is 16.4. The van der Waals surface area contributed by atoms with E-state index in [1.807, 2.05) is 6.92 Å². The van der Waals surface area contributed by atoms with Gasteiger partial charge in [-0.3, -0.25) is 0 Å². The summed E-state index contributed by atoms with van der Waals surface area (Å²) < 4.78 is 0. The number of aliphatic hydroxyl groups excluding tert-OH is 1. The second-order valence-electron chi connectivity index (χ2n) is 2.51. The maximum Gasteiger partial charge on any atom is 0.330 e. The molecule has 0 radical (unpaired) electrons. The molecule has 0 heterocycles. The zero-order valence-electron chi connectivity index (χ0n) is 6.71. The van der Waals surface area contributed by atoms with E-state index in [2.05, 4.69) is 6.58 Å². The van der Waals surface area contributed by atoms with Crippen molar-refractivity contribution in [3.8, 4) is 0 Å². The van der Waals surface area contributed by atoms with Gasteiger partial charge in [0, 0.05) is 5.57 Å². The van der Waals surface area contributed by atoms with Gasteiger partial charge in [-0.05, 0) is 19.3 Å². The highest BCUT2D eigenvalue weighted by molar-refractivity contribution is 5.85. The largest absolute Gasteiger partial charge is 0.478 e. The minimum atomic E-state index is -0.978. The maximum absolute atomic E-state index is 10.2. The molecule has 0 bridgehead atoms. The summed E-state index contributed by atoms with van der Waals surface area (Å²) in [5.41, 5.74) is 0.164. The molecule has 1 atom stereocenters. The van der Waals surface area contributed by atoms with E-state index < -0.39 is 12.1 Å². The monoisotopic (exact) mass is 158 g/mol. The fourth-order valence-corrected chi connectivity index (χ4v) is 0.652. The van der Waals surface area contributed by atoms with Crippen molar-refractivity contribution in [2.75, 3.05) is 0 Å². The average molecular weight is 158 g/mol. The van der Waals surface area contributed by atoms with Crippen LogP contribution in [0.3, 0.4) is 0 Å². The Balaban J connectivity index is 3.54. The van der Waals surface area contributed by atoms with Gasteiger partial charge in [-0.25, -0.2) is 4.79 Å². The molecular formula is C8H14O3. The van der Waals surface area contributed by atoms with E-state index in [-0.39, 0.29) is 5.57 Å². The number of carbonyl (C=O) groups is 1. The molecule has 0 aliphatic heterocycles. The Kier molecular flexibility index (Phi) is 4.54. The molecule has 2 N–H and O–H groups in total. The predicted molar refractivity (Wildman–Crippen MR) is 42.3 cm³/mol. The minimum absolute atomic E-state index is 0.164. The first-order chi connectivity index (χ1) is 5.07. The van der Waals surface area contributed by atoms with Gasteiger partial charge in [-0.1, -0.05) is 13.5 Å². The van der Waals surface area contributed by atoms with Crippen molar-refractivity contribution >= 4 is 5.97 Å². The first-order valence-corrected chi connectivity index (χ1v) is 3.67. The summed E-state index contributed by atoms with van der Waals surface area (Å²) in [5.74, 6) is -0.978. The molecule has 64 valence electrons. The number of carboxylic acids is 1. The van der Waals surface area contributed by atoms with Crippen molar-refractivity contribution in [1.29, 1.82) is 0 Å². The zero-order valence-corrected chi connectivity index (χ0v) is 6.71. The normalized spacial score (nSPS) is 12.5. The second kappa shape index (κ2) is 4.91. The van der Waals surface area contributed by atoms with Crippen LogP contribution in [0.2, 0.25) is 0 Å². The van der Waals surface area contributed by atoms with Gasteiger partial charge in [0.2, 0.25) is 0 Å². The third kappa shape index (κ3) is 4.56. The quantitative estimate of drug-likeness (QED) is 0.590. The molecule has 0 saturated heterocycles. The summed E-state index contributed by atoms with van der Waals surface area (Å²) in [4.78, 5) is 10.2. The molecule has 0 aliphatic rings. The van der Waals surface area contributed by atoms with Crippen molar-refractivity contribution in [3.63, 3.8) is 0 Å². The number of aliphatic hydroxyl groups is 1. The Morgan fingerprint density at radius 2 is 2.18 bits per heavy atom. The topological polar surface area (TPSA) is 57.5 Å². The molecule has 0 saturated carbocycles. The molecule has 0 aliphatic carbocycles. The van der Waals surface area contributed by atoms with E-state index in [1.165, 1.54) is 0 Å². The third-order valence-corrected chi connectivity index (χ3v) is 1.55. The van der Waals surface area contributed by atoms with Crippen molar-refractivity contribution < 1.29 is 15.0 Å². The first-order valence-electron chi connectivity index (χ1n) is 3.67. The lowest BCUT2D eigenvalue weighted by Crippen LogP contribution is -2.07. The molecular weight excluding hydrogens is 144 g/mol. The van der Waals surface area contributed by atoms with Crippen LogP contribution in [0.1, 0.15) is 26.2 Å². The van der Waals surface area contributed by atoms with Crippen LogP contribution < -0.4 is 0 Å². The van der Waals surface area contributed by atoms with Crippen LogP contribution in [0.25, 0.3) is 0 Å². The van der Waals surface area contributed by atoms with Crippen LogP contribution in [0.5, 0.6) is 0 Å². The van der Waals surface area contributed by atoms with Crippen molar-refractivity contribution in [2.45, 2.75) is 32.3 Å². The van der Waals surface area contributed by atoms with Gasteiger partial charge >= 0.3 is 5.97 Å². The number of carboxylic acid groups (broad SMARTS) is 1. The van der Waals surface area contributed by atoms with Crippen LogP contribution in [-0.2, 0) is 4.79 Å². The fourth-order valence-electron chi connectivity index (χ4n) is 0.652. The van der Waals surface area contributed by atoms with E-state index in [9.17, 15) is 4.79 Å². The Morgan fingerprint density at radius 1 is 1.64 bits per heavy atom. The summed E-state index contributed by atoms with van der Waals surface area (Å²) in [5, 5.41) is 17.4. The molecule has 0 rings (SSSR count). The Hall–Kier alpha value is -0.830. The average Bonchev–Trinajstić information content (AvgIpc) is 1.99. The predicted octanol–water partition coefficient (Wildman–Crippen LogP) is 1.18. The standard InChI is InChI=1S/C8H14O3/c1-3-7(9)5-4-6(2)8(10)11/h7,9H,2-5H2,1H3,(H,10,11). The summed E-state index contributed by atoms with van der Waals surface area (Å²) in [6, 6.07) is 0. The molecule has 11 heavy (non-hydrogen) atoms. The molecule has 0 fully saturated rings. The van der Waals surface area contributed by atoms with Gasteiger partial charge in [0.15, 0.2) is 0 Å². The van der Waals surface area contributed by atoms with Crippen LogP contribution in [0, 0.1) is 0 Å². The van der Waals surface area contributed by atoms with E-state index >= 15 is 0 Å². The molecule has 3 heteroatoms. The number of aliphatic carboxylic acids is 1. The maximum atomic E-state index is 10.2. The molecule has 3 nitrogen and oxygen atoms in total. The lowest BCUT2D eigenvalue weighted by molar-refractivity contribution is -0.132. The number of rotatable bonds is 5. The van der Waals surface area contributed by atoms with Gasteiger partial charge in [0.25, 0.3) is 0 Å². The summed E-state index contributed by atoms with van der Waals surface area (Å²) in [6.07, 6.45) is 1.12. The summed E-state index contributed by atoms with van der Waals surface area (Å²) in [6.45, 7) is 5.21. The smallest absolute Gasteiger partial charge is 0.330 e. The van der Waals surface area contributed by atoms with Crippen LogP contribution in [0.4, 0.5) is 0 Å². The van der Waals surface area contributed by atoms with Gasteiger partial charge in [0.1, 0.15) is 0 Å². The third-order valence-electron chi connectivity index (χ3n) is 1.55. The second-order valence-corrected chi connectivity index (χ2v) is 2.51. The van der Waals surface area contributed by atoms with Crippen molar-refractivity contribution in [3.05, 3.63) is 12.2 Å². The highest BCUT2D eigenvalue weighted by Crippen LogP contribution is 2.07. The van der Waals surface area contributed by atoms with Gasteiger partial charge in [-0.15, -0.1) is 0 Å². The van der Waals surface area contributed by atoms with Gasteiger partial charge in [0.05, 0.1) is 6.10 Å². The Morgan fingerprint density at radius 3 is 2.55 bits per heavy atom. The van der Waals surface area contributed by atoms with Crippen molar-refractivity contribution in [1.82, 2.24) is 0 Å². The van der Waals surface area contributed by atoms with E-state index in [4.69, 9.17) is 10.2 Å². The van der Waals surface area contributed by atoms with Crippen LogP contribution in [0.15, 0.2) is 12.2 Å². The molecule has 0 aromatic carbocycles. The zero-order chi connectivity index (χ0) is 8.85. The van der Waals surface area contributed by atoms with E-state index in [1.54, 1.807) is 0 Å². The summed E-state index contributed by atoms with van der Waals surface area (Å²) >= 11 is 0. The molecule has 0 aromatic heterocycles. The lowest BCUT2D eigenvalue weighted by atomic mass is 10.1. The molecule has 1 unspecified atom stereocenters. The van der Waals surface area contributed by atoms with Crippen molar-refractivity contribution in [2.24, 2.45) is 0 Å². The lowest BCUT2D eigenvalue weighted by Gasteiger charge is -2.05. The molecule has 0 aromatic rings. The number of hydrogen-bond acceptors (Lipinski definition) is 2. The number of hydrogen-bond donors (Lipinski definition) is 2. The van der Waals surface area contributed by atoms with Gasteiger partial charge in [-0.2, -0.15) is 0 Å². The highest BCUT2D eigenvalue weighted by Gasteiger charge is 2.06. The van der Waals surface area contributed by atoms with Crippen LogP contribution in [-0.4, -0.2) is 22.3 Å². The SMILES string of the molecule is C=C(CCC(O)CC)C(=O)O. The summed E-state index contributed by atoms with van der Waals surface area (Å²) in [7, 11) is 0. The molecule has 0 amide bonds. The van der Waals surface area contributed by atoms with Crippen LogP contribution >= 0.6 is 0 Å². The minimum Gasteiger partial charge on any atom is -0.478 e.